The Balaban J connectivity index is 2.29. The number of aryl methyl sites for hydroxylation is 1. The third-order valence-corrected chi connectivity index (χ3v) is 3.66. The van der Waals surface area contributed by atoms with E-state index in [4.69, 9.17) is 9.84 Å². The summed E-state index contributed by atoms with van der Waals surface area (Å²) in [6.45, 7) is 2.19. The van der Waals surface area contributed by atoms with Crippen molar-refractivity contribution in [3.8, 4) is 16.3 Å². The average Bonchev–Trinajstić information content (AvgIpc) is 2.78. The highest BCUT2D eigenvalue weighted by molar-refractivity contribution is 7.15. The third kappa shape index (κ3) is 2.65. The number of aliphatic hydroxyl groups is 1. The number of rotatable bonds is 4. The molecule has 4 heteroatoms. The molecule has 0 aliphatic carbocycles. The van der Waals surface area contributed by atoms with Gasteiger partial charge in [0.05, 0.1) is 7.11 Å². The van der Waals surface area contributed by atoms with Crippen LogP contribution >= 0.6 is 11.3 Å². The molecule has 0 unspecified atom stereocenters. The van der Waals surface area contributed by atoms with Crippen LogP contribution in [0, 0.1) is 6.92 Å². The van der Waals surface area contributed by atoms with Gasteiger partial charge in [0.1, 0.15) is 10.8 Å². The molecule has 1 N–H and O–H groups in total. The number of benzene rings is 1. The molecule has 2 aromatic rings. The van der Waals surface area contributed by atoms with Gasteiger partial charge in [-0.25, -0.2) is 4.98 Å². The van der Waals surface area contributed by atoms with Crippen LogP contribution in [0.3, 0.4) is 0 Å². The molecule has 0 bridgehead atoms. The van der Waals surface area contributed by atoms with Gasteiger partial charge in [0, 0.05) is 29.7 Å². The van der Waals surface area contributed by atoms with Crippen LogP contribution in [0.25, 0.3) is 10.6 Å². The van der Waals surface area contributed by atoms with Crippen molar-refractivity contribution < 1.29 is 9.84 Å². The molecule has 0 amide bonds. The normalized spacial score (nSPS) is 10.5. The zero-order valence-corrected chi connectivity index (χ0v) is 10.8. The summed E-state index contributed by atoms with van der Waals surface area (Å²) in [5, 5.41) is 9.86. The van der Waals surface area contributed by atoms with Crippen molar-refractivity contribution in [1.29, 1.82) is 0 Å². The summed E-state index contributed by atoms with van der Waals surface area (Å²) in [7, 11) is 1.67. The van der Waals surface area contributed by atoms with Crippen LogP contribution in [0.1, 0.15) is 10.4 Å². The van der Waals surface area contributed by atoms with Crippen LogP contribution in [0.2, 0.25) is 0 Å². The smallest absolute Gasteiger partial charge is 0.123 e. The van der Waals surface area contributed by atoms with Gasteiger partial charge in [-0.1, -0.05) is 0 Å². The first-order valence-electron chi connectivity index (χ1n) is 5.45. The van der Waals surface area contributed by atoms with Crippen molar-refractivity contribution in [3.63, 3.8) is 0 Å². The molecule has 0 radical (unpaired) electrons. The van der Waals surface area contributed by atoms with E-state index in [1.807, 2.05) is 25.3 Å². The molecule has 1 heterocycles. The Kier molecular flexibility index (Phi) is 3.76. The Morgan fingerprint density at radius 3 is 2.88 bits per heavy atom. The second-order valence-corrected chi connectivity index (χ2v) is 4.90. The fourth-order valence-corrected chi connectivity index (χ4v) is 2.58. The predicted octanol–water partition coefficient (Wildman–Crippen LogP) is 2.66. The van der Waals surface area contributed by atoms with Crippen molar-refractivity contribution in [3.05, 3.63) is 34.8 Å². The molecular formula is C13H15NO2S. The number of aliphatic hydroxyl groups excluding tert-OH is 1. The minimum absolute atomic E-state index is 0.170. The van der Waals surface area contributed by atoms with E-state index in [-0.39, 0.29) is 6.61 Å². The fourth-order valence-electron chi connectivity index (χ4n) is 1.68. The molecular weight excluding hydrogens is 234 g/mol. The van der Waals surface area contributed by atoms with Gasteiger partial charge in [-0.3, -0.25) is 0 Å². The topological polar surface area (TPSA) is 42.4 Å². The number of thiazole rings is 1. The van der Waals surface area contributed by atoms with Gasteiger partial charge < -0.3 is 9.84 Å². The molecule has 90 valence electrons. The summed E-state index contributed by atoms with van der Waals surface area (Å²) in [6, 6.07) is 6.03. The van der Waals surface area contributed by atoms with Crippen LogP contribution in [0.5, 0.6) is 5.75 Å². The summed E-state index contributed by atoms with van der Waals surface area (Å²) in [6.07, 6.45) is 2.50. The second kappa shape index (κ2) is 5.29. The zero-order chi connectivity index (χ0) is 12.3. The maximum atomic E-state index is 8.87. The van der Waals surface area contributed by atoms with E-state index < -0.39 is 0 Å². The summed E-state index contributed by atoms with van der Waals surface area (Å²) >= 11 is 1.62. The number of ether oxygens (including phenoxy) is 1. The lowest BCUT2D eigenvalue weighted by atomic mass is 10.1. The van der Waals surface area contributed by atoms with E-state index in [0.29, 0.717) is 6.42 Å². The maximum absolute atomic E-state index is 8.87. The maximum Gasteiger partial charge on any atom is 0.123 e. The van der Waals surface area contributed by atoms with Crippen molar-refractivity contribution in [1.82, 2.24) is 4.98 Å². The zero-order valence-electron chi connectivity index (χ0n) is 9.93. The summed E-state index contributed by atoms with van der Waals surface area (Å²) in [5.74, 6) is 0.890. The molecule has 1 aromatic heterocycles. The minimum Gasteiger partial charge on any atom is -0.496 e. The van der Waals surface area contributed by atoms with Crippen molar-refractivity contribution in [2.45, 2.75) is 13.3 Å². The van der Waals surface area contributed by atoms with E-state index in [2.05, 4.69) is 11.1 Å². The Morgan fingerprint density at radius 2 is 2.24 bits per heavy atom. The molecule has 2 rings (SSSR count). The molecule has 0 saturated carbocycles. The molecule has 17 heavy (non-hydrogen) atoms. The van der Waals surface area contributed by atoms with Crippen LogP contribution in [-0.2, 0) is 6.42 Å². The Morgan fingerprint density at radius 1 is 1.41 bits per heavy atom. The van der Waals surface area contributed by atoms with E-state index in [9.17, 15) is 0 Å². The fraction of sp³-hybridized carbons (Fsp3) is 0.308. The van der Waals surface area contributed by atoms with Gasteiger partial charge in [-0.2, -0.15) is 0 Å². The molecule has 0 atom stereocenters. The first kappa shape index (κ1) is 12.1. The van der Waals surface area contributed by atoms with E-state index >= 15 is 0 Å². The number of aromatic nitrogens is 1. The van der Waals surface area contributed by atoms with Crippen molar-refractivity contribution >= 4 is 11.3 Å². The Hall–Kier alpha value is -1.39. The molecule has 0 aliphatic rings. The van der Waals surface area contributed by atoms with Crippen LogP contribution < -0.4 is 4.74 Å². The summed E-state index contributed by atoms with van der Waals surface area (Å²) < 4.78 is 5.23. The molecule has 1 aromatic carbocycles. The van der Waals surface area contributed by atoms with Crippen molar-refractivity contribution in [2.24, 2.45) is 0 Å². The quantitative estimate of drug-likeness (QED) is 0.905. The van der Waals surface area contributed by atoms with Gasteiger partial charge in [-0.15, -0.1) is 11.3 Å². The Labute approximate surface area is 105 Å². The highest BCUT2D eigenvalue weighted by Crippen LogP contribution is 2.29. The minimum atomic E-state index is 0.170. The van der Waals surface area contributed by atoms with Gasteiger partial charge >= 0.3 is 0 Å². The van der Waals surface area contributed by atoms with E-state index in [1.165, 1.54) is 0 Å². The molecule has 0 fully saturated rings. The van der Waals surface area contributed by atoms with Crippen molar-refractivity contribution in [2.75, 3.05) is 13.7 Å². The predicted molar refractivity (Wildman–Crippen MR) is 69.6 cm³/mol. The first-order valence-corrected chi connectivity index (χ1v) is 6.27. The van der Waals surface area contributed by atoms with Gasteiger partial charge in [0.25, 0.3) is 0 Å². The number of nitrogens with zero attached hydrogens (tertiary/aromatic N) is 1. The molecule has 0 spiro atoms. The lowest BCUT2D eigenvalue weighted by Gasteiger charge is -2.05. The number of methoxy groups -OCH3 is 1. The number of hydrogen-bond donors (Lipinski definition) is 1. The third-order valence-electron chi connectivity index (χ3n) is 2.55. The van der Waals surface area contributed by atoms with Gasteiger partial charge in [0.15, 0.2) is 0 Å². The lowest BCUT2D eigenvalue weighted by Crippen LogP contribution is -1.87. The highest BCUT2D eigenvalue weighted by atomic mass is 32.1. The SMILES string of the molecule is COc1ccc(-c2ncc(CCO)s2)cc1C. The second-order valence-electron chi connectivity index (χ2n) is 3.79. The van der Waals surface area contributed by atoms with E-state index in [1.54, 1.807) is 18.4 Å². The average molecular weight is 249 g/mol. The Bertz CT molecular complexity index is 508. The largest absolute Gasteiger partial charge is 0.496 e. The summed E-state index contributed by atoms with van der Waals surface area (Å²) in [4.78, 5) is 5.48. The van der Waals surface area contributed by atoms with Gasteiger partial charge in [-0.05, 0) is 30.7 Å². The van der Waals surface area contributed by atoms with Crippen LogP contribution in [0.15, 0.2) is 24.4 Å². The monoisotopic (exact) mass is 249 g/mol. The van der Waals surface area contributed by atoms with Gasteiger partial charge in [0.2, 0.25) is 0 Å². The lowest BCUT2D eigenvalue weighted by molar-refractivity contribution is 0.300. The number of hydrogen-bond acceptors (Lipinski definition) is 4. The highest BCUT2D eigenvalue weighted by Gasteiger charge is 2.06. The van der Waals surface area contributed by atoms with Crippen LogP contribution in [-0.4, -0.2) is 23.8 Å². The first-order chi connectivity index (χ1) is 8.24. The molecule has 0 saturated heterocycles. The van der Waals surface area contributed by atoms with Crippen LogP contribution in [0.4, 0.5) is 0 Å². The van der Waals surface area contributed by atoms with E-state index in [0.717, 1.165) is 26.8 Å². The standard InChI is InChI=1S/C13H15NO2S/c1-9-7-10(3-4-12(9)16-2)13-14-8-11(17-13)5-6-15/h3-4,7-8,15H,5-6H2,1-2H3. The molecule has 0 aliphatic heterocycles. The molecule has 3 nitrogen and oxygen atoms in total. The summed E-state index contributed by atoms with van der Waals surface area (Å²) in [5.41, 5.74) is 2.20.